The van der Waals surface area contributed by atoms with Gasteiger partial charge in [-0.15, -0.1) is 0 Å². The predicted molar refractivity (Wildman–Crippen MR) is 85.1 cm³/mol. The SMILES string of the molecule is CCCSc1nc(Cl)c([N+](=O)[O-])c(N(C2CC2)S(C)(=O)=O)n1. The van der Waals surface area contributed by atoms with E-state index in [9.17, 15) is 18.5 Å². The first-order chi connectivity index (χ1) is 10.3. The van der Waals surface area contributed by atoms with Gasteiger partial charge in [0.2, 0.25) is 21.0 Å². The smallest absolute Gasteiger partial charge is 0.258 e. The van der Waals surface area contributed by atoms with Crippen molar-refractivity contribution in [2.45, 2.75) is 37.4 Å². The Bertz CT molecular complexity index is 694. The van der Waals surface area contributed by atoms with Crippen LogP contribution < -0.4 is 4.31 Å². The van der Waals surface area contributed by atoms with Crippen LogP contribution in [0.3, 0.4) is 0 Å². The van der Waals surface area contributed by atoms with Crippen molar-refractivity contribution in [1.82, 2.24) is 9.97 Å². The second kappa shape index (κ2) is 6.55. The summed E-state index contributed by atoms with van der Waals surface area (Å²) in [5, 5.41) is 11.1. The van der Waals surface area contributed by atoms with E-state index in [0.29, 0.717) is 18.6 Å². The highest BCUT2D eigenvalue weighted by atomic mass is 35.5. The van der Waals surface area contributed by atoms with Crippen molar-refractivity contribution in [3.05, 3.63) is 15.3 Å². The monoisotopic (exact) mass is 366 g/mol. The molecule has 0 amide bonds. The van der Waals surface area contributed by atoms with Crippen molar-refractivity contribution in [2.75, 3.05) is 16.3 Å². The Hall–Kier alpha value is -1.13. The van der Waals surface area contributed by atoms with Gasteiger partial charge >= 0.3 is 5.69 Å². The summed E-state index contributed by atoms with van der Waals surface area (Å²) in [6.07, 6.45) is 3.15. The lowest BCUT2D eigenvalue weighted by Crippen LogP contribution is -2.33. The van der Waals surface area contributed by atoms with Crippen molar-refractivity contribution in [1.29, 1.82) is 0 Å². The molecular formula is C11H15ClN4O4S2. The van der Waals surface area contributed by atoms with E-state index in [0.717, 1.165) is 17.0 Å². The molecule has 1 aromatic rings. The number of nitrogens with zero attached hydrogens (tertiary/aromatic N) is 4. The van der Waals surface area contributed by atoms with Gasteiger partial charge in [-0.3, -0.25) is 10.1 Å². The molecule has 11 heteroatoms. The van der Waals surface area contributed by atoms with Crippen LogP contribution in [0.1, 0.15) is 26.2 Å². The van der Waals surface area contributed by atoms with E-state index in [2.05, 4.69) is 9.97 Å². The Kier molecular flexibility index (Phi) is 5.13. The lowest BCUT2D eigenvalue weighted by Gasteiger charge is -2.21. The maximum Gasteiger partial charge on any atom is 0.349 e. The second-order valence-corrected chi connectivity index (χ2v) is 8.14. The molecule has 1 aromatic heterocycles. The van der Waals surface area contributed by atoms with Gasteiger partial charge in [-0.25, -0.2) is 17.7 Å². The molecule has 1 heterocycles. The molecule has 0 aliphatic heterocycles. The average molecular weight is 367 g/mol. The van der Waals surface area contributed by atoms with E-state index in [1.807, 2.05) is 6.92 Å². The van der Waals surface area contributed by atoms with Crippen molar-refractivity contribution in [3.63, 3.8) is 0 Å². The molecule has 0 unspecified atom stereocenters. The summed E-state index contributed by atoms with van der Waals surface area (Å²) in [5.74, 6) is 0.462. The van der Waals surface area contributed by atoms with Crippen molar-refractivity contribution < 1.29 is 13.3 Å². The van der Waals surface area contributed by atoms with E-state index in [1.54, 1.807) is 0 Å². The minimum atomic E-state index is -3.69. The highest BCUT2D eigenvalue weighted by Gasteiger charge is 2.41. The number of aromatic nitrogens is 2. The van der Waals surface area contributed by atoms with Crippen LogP contribution in [-0.2, 0) is 10.0 Å². The molecule has 0 aromatic carbocycles. The summed E-state index contributed by atoms with van der Waals surface area (Å²) < 4.78 is 25.0. The Morgan fingerprint density at radius 2 is 2.09 bits per heavy atom. The number of hydrogen-bond acceptors (Lipinski definition) is 7. The lowest BCUT2D eigenvalue weighted by molar-refractivity contribution is -0.384. The molecule has 0 atom stereocenters. The first kappa shape index (κ1) is 17.2. The van der Waals surface area contributed by atoms with Gasteiger partial charge < -0.3 is 0 Å². The quantitative estimate of drug-likeness (QED) is 0.240. The zero-order chi connectivity index (χ0) is 16.5. The van der Waals surface area contributed by atoms with Gasteiger partial charge in [-0.2, -0.15) is 4.98 Å². The Labute approximate surface area is 137 Å². The third-order valence-corrected chi connectivity index (χ3v) is 5.37. The molecule has 1 fully saturated rings. The fraction of sp³-hybridized carbons (Fsp3) is 0.636. The molecule has 0 N–H and O–H groups in total. The number of anilines is 1. The number of thioether (sulfide) groups is 1. The normalized spacial score (nSPS) is 14.9. The lowest BCUT2D eigenvalue weighted by atomic mass is 10.4. The summed E-state index contributed by atoms with van der Waals surface area (Å²) in [7, 11) is -3.69. The van der Waals surface area contributed by atoms with Gasteiger partial charge in [0.15, 0.2) is 5.16 Å². The van der Waals surface area contributed by atoms with Gasteiger partial charge in [0.1, 0.15) is 0 Å². The minimum absolute atomic E-state index is 0.238. The number of sulfonamides is 1. The topological polar surface area (TPSA) is 106 Å². The van der Waals surface area contributed by atoms with Crippen molar-refractivity contribution in [2.24, 2.45) is 0 Å². The van der Waals surface area contributed by atoms with Gasteiger partial charge in [0, 0.05) is 11.8 Å². The maximum atomic E-state index is 12.0. The second-order valence-electron chi connectivity index (χ2n) is 4.86. The third-order valence-electron chi connectivity index (χ3n) is 2.86. The van der Waals surface area contributed by atoms with Crippen molar-refractivity contribution >= 4 is 44.9 Å². The molecule has 122 valence electrons. The van der Waals surface area contributed by atoms with E-state index in [4.69, 9.17) is 11.6 Å². The highest BCUT2D eigenvalue weighted by Crippen LogP contribution is 2.41. The molecule has 22 heavy (non-hydrogen) atoms. The molecular weight excluding hydrogens is 352 g/mol. The van der Waals surface area contributed by atoms with Crippen LogP contribution in [0, 0.1) is 10.1 Å². The van der Waals surface area contributed by atoms with Gasteiger partial charge in [-0.1, -0.05) is 30.3 Å². The van der Waals surface area contributed by atoms with Gasteiger partial charge in [-0.05, 0) is 19.3 Å². The molecule has 0 spiro atoms. The van der Waals surface area contributed by atoms with E-state index in [-0.39, 0.29) is 22.2 Å². The zero-order valence-corrected chi connectivity index (χ0v) is 14.4. The largest absolute Gasteiger partial charge is 0.349 e. The van der Waals surface area contributed by atoms with Gasteiger partial charge in [0.05, 0.1) is 11.2 Å². The molecule has 8 nitrogen and oxygen atoms in total. The van der Waals surface area contributed by atoms with Gasteiger partial charge in [0.25, 0.3) is 0 Å². The summed E-state index contributed by atoms with van der Waals surface area (Å²) >= 11 is 7.18. The number of hydrogen-bond donors (Lipinski definition) is 0. The molecule has 2 rings (SSSR count). The number of halogens is 1. The molecule has 0 radical (unpaired) electrons. The minimum Gasteiger partial charge on any atom is -0.258 e. The van der Waals surface area contributed by atoms with E-state index >= 15 is 0 Å². The number of nitro groups is 1. The van der Waals surface area contributed by atoms with Crippen LogP contribution in [0.25, 0.3) is 0 Å². The van der Waals surface area contributed by atoms with Crippen LogP contribution >= 0.6 is 23.4 Å². The third kappa shape index (κ3) is 3.79. The van der Waals surface area contributed by atoms with Crippen LogP contribution in [0.5, 0.6) is 0 Å². The Morgan fingerprint density at radius 3 is 2.55 bits per heavy atom. The molecule has 0 bridgehead atoms. The standard InChI is InChI=1S/C11H15ClN4O4S2/c1-3-6-21-11-13-9(12)8(16(17)18)10(14-11)15(7-4-5-7)22(2,19)20/h7H,3-6H2,1-2H3. The number of rotatable bonds is 7. The highest BCUT2D eigenvalue weighted by molar-refractivity contribution is 7.99. The molecule has 0 saturated heterocycles. The zero-order valence-electron chi connectivity index (χ0n) is 12.0. The van der Waals surface area contributed by atoms with E-state index in [1.165, 1.54) is 11.8 Å². The molecule has 1 saturated carbocycles. The summed E-state index contributed by atoms with van der Waals surface area (Å²) in [4.78, 5) is 18.5. The molecule has 1 aliphatic carbocycles. The van der Waals surface area contributed by atoms with Crippen LogP contribution in [-0.4, -0.2) is 41.4 Å². The first-order valence-corrected chi connectivity index (χ1v) is 9.81. The molecule has 1 aliphatic rings. The summed E-state index contributed by atoms with van der Waals surface area (Å²) in [6, 6.07) is -0.302. The van der Waals surface area contributed by atoms with E-state index < -0.39 is 20.6 Å². The fourth-order valence-electron chi connectivity index (χ4n) is 1.88. The average Bonchev–Trinajstić information content (AvgIpc) is 3.18. The van der Waals surface area contributed by atoms with Crippen LogP contribution in [0.4, 0.5) is 11.5 Å². The summed E-state index contributed by atoms with van der Waals surface area (Å²) in [6.45, 7) is 1.97. The maximum absolute atomic E-state index is 12.0. The Morgan fingerprint density at radius 1 is 1.45 bits per heavy atom. The predicted octanol–water partition coefficient (Wildman–Crippen LogP) is 2.47. The van der Waals surface area contributed by atoms with Crippen LogP contribution in [0.15, 0.2) is 5.16 Å². The fourth-order valence-corrected chi connectivity index (χ4v) is 4.05. The van der Waals surface area contributed by atoms with Crippen LogP contribution in [0.2, 0.25) is 5.15 Å². The summed E-state index contributed by atoms with van der Waals surface area (Å²) in [5.41, 5.74) is -0.570. The Balaban J connectivity index is 2.59. The first-order valence-electron chi connectivity index (χ1n) is 6.59. The van der Waals surface area contributed by atoms with Crippen molar-refractivity contribution in [3.8, 4) is 0 Å².